The highest BCUT2D eigenvalue weighted by atomic mass is 16.4. The van der Waals surface area contributed by atoms with E-state index in [1.165, 1.54) is 39.2 Å². The van der Waals surface area contributed by atoms with Crippen LogP contribution < -0.4 is 32.3 Å². The van der Waals surface area contributed by atoms with Crippen molar-refractivity contribution in [3.63, 3.8) is 0 Å². The second-order valence-electron chi connectivity index (χ2n) is 12.7. The monoisotopic (exact) mass is 732 g/mol. The quantitative estimate of drug-likeness (QED) is 0.0643. The van der Waals surface area contributed by atoms with Crippen molar-refractivity contribution < 1.29 is 48.3 Å². The third-order valence-corrected chi connectivity index (χ3v) is 8.48. The fraction of sp³-hybridized carbons (Fsp3) is 0.559. The van der Waals surface area contributed by atoms with Gasteiger partial charge in [0.25, 0.3) is 11.8 Å². The van der Waals surface area contributed by atoms with Crippen molar-refractivity contribution in [2.24, 2.45) is 11.1 Å². The maximum absolute atomic E-state index is 13.4. The number of likely N-dealkylation sites (N-methyl/N-ethyl adjacent to an activating group) is 1. The highest BCUT2D eigenvalue weighted by molar-refractivity contribution is 6.07. The molecule has 1 aromatic rings. The predicted molar refractivity (Wildman–Crippen MR) is 190 cm³/mol. The molecule has 0 unspecified atom stereocenters. The molecule has 0 heterocycles. The van der Waals surface area contributed by atoms with Crippen LogP contribution in [-0.4, -0.2) is 115 Å². The van der Waals surface area contributed by atoms with E-state index in [-0.39, 0.29) is 55.1 Å². The van der Waals surface area contributed by atoms with Gasteiger partial charge in [0, 0.05) is 44.6 Å². The third-order valence-electron chi connectivity index (χ3n) is 8.48. The molecule has 1 aromatic carbocycles. The highest BCUT2D eigenvalue weighted by Gasteiger charge is 2.30. The number of nitrogens with zero attached hydrogens (tertiary/aromatic N) is 2. The minimum absolute atomic E-state index is 0.00708. The number of carboxylic acid groups (broad SMARTS) is 1. The molecule has 1 rings (SSSR count). The minimum Gasteiger partial charge on any atom is -0.480 e. The van der Waals surface area contributed by atoms with Crippen LogP contribution in [0.1, 0.15) is 93.4 Å². The van der Waals surface area contributed by atoms with Gasteiger partial charge in [0.15, 0.2) is 0 Å². The molecule has 8 N–H and O–H groups in total. The number of carboxylic acids is 1. The Balaban J connectivity index is 2.91. The van der Waals surface area contributed by atoms with E-state index in [0.29, 0.717) is 32.1 Å². The number of carbonyl (C=O) groups is 9. The van der Waals surface area contributed by atoms with Crippen LogP contribution in [0.3, 0.4) is 0 Å². The van der Waals surface area contributed by atoms with Gasteiger partial charge in [-0.1, -0.05) is 27.2 Å². The molecule has 288 valence electrons. The van der Waals surface area contributed by atoms with E-state index >= 15 is 0 Å². The van der Waals surface area contributed by atoms with Gasteiger partial charge < -0.3 is 42.3 Å². The average Bonchev–Trinajstić information content (AvgIpc) is 3.11. The van der Waals surface area contributed by atoms with E-state index in [1.807, 2.05) is 6.92 Å². The number of hydrogen-bond donors (Lipinski definition) is 7. The molecule has 0 fully saturated rings. The lowest BCUT2D eigenvalue weighted by molar-refractivity contribution is -0.145. The standard InChI is InChI=1S/C34H52N8O10/c1-7-34(3,4)32(51)42(20-43)17-10-8-9-13-26(44)38-19-27(45)39-25(12-11-16-37-33(35)52)29(47)40-24-15-14-22(18-23(24)28(46)36-5)30(48)41(6)21(2)31(49)50/h14-15,18,20-21,25H,7-13,16-17,19H2,1-6H3,(H,36,46)(H,38,44)(H,39,45)(H,40,47)(H,49,50)(H3,35,37,52)/t21-,25-/m0/s1. The fourth-order valence-corrected chi connectivity index (χ4v) is 4.66. The zero-order chi connectivity index (χ0) is 39.6. The lowest BCUT2D eigenvalue weighted by atomic mass is 9.88. The average molecular weight is 733 g/mol. The molecule has 0 aliphatic heterocycles. The number of nitrogens with one attached hydrogen (secondary N) is 5. The Bertz CT molecular complexity index is 1480. The number of imide groups is 1. The van der Waals surface area contributed by atoms with Crippen LogP contribution in [0, 0.1) is 5.41 Å². The van der Waals surface area contributed by atoms with E-state index in [2.05, 4.69) is 26.6 Å². The summed E-state index contributed by atoms with van der Waals surface area (Å²) in [5.74, 6) is -4.71. The van der Waals surface area contributed by atoms with Crippen LogP contribution in [0.5, 0.6) is 0 Å². The van der Waals surface area contributed by atoms with Crippen LogP contribution in [0.15, 0.2) is 18.2 Å². The van der Waals surface area contributed by atoms with E-state index in [1.54, 1.807) is 13.8 Å². The van der Waals surface area contributed by atoms with Gasteiger partial charge in [0.1, 0.15) is 12.1 Å². The molecule has 0 bridgehead atoms. The van der Waals surface area contributed by atoms with Gasteiger partial charge in [0.2, 0.25) is 30.0 Å². The first-order valence-corrected chi connectivity index (χ1v) is 16.9. The van der Waals surface area contributed by atoms with Crippen molar-refractivity contribution >= 4 is 59.5 Å². The van der Waals surface area contributed by atoms with Gasteiger partial charge in [0.05, 0.1) is 17.8 Å². The Morgan fingerprint density at radius 2 is 1.65 bits per heavy atom. The summed E-state index contributed by atoms with van der Waals surface area (Å²) in [7, 11) is 2.63. The minimum atomic E-state index is -1.23. The van der Waals surface area contributed by atoms with Crippen molar-refractivity contribution in [2.45, 2.75) is 84.7 Å². The summed E-state index contributed by atoms with van der Waals surface area (Å²) in [6, 6.07) is 0.670. The molecular weight excluding hydrogens is 680 g/mol. The van der Waals surface area contributed by atoms with Gasteiger partial charge in [-0.2, -0.15) is 0 Å². The third kappa shape index (κ3) is 14.4. The van der Waals surface area contributed by atoms with E-state index in [4.69, 9.17) is 5.73 Å². The Morgan fingerprint density at radius 3 is 2.23 bits per heavy atom. The Morgan fingerprint density at radius 1 is 0.981 bits per heavy atom. The molecule has 9 amide bonds. The zero-order valence-corrected chi connectivity index (χ0v) is 30.6. The molecule has 0 aliphatic rings. The number of carbonyl (C=O) groups excluding carboxylic acids is 8. The number of nitrogens with two attached hydrogens (primary N) is 1. The number of urea groups is 1. The Kier molecular flexibility index (Phi) is 18.5. The molecule has 18 nitrogen and oxygen atoms in total. The summed E-state index contributed by atoms with van der Waals surface area (Å²) in [5, 5.41) is 21.7. The summed E-state index contributed by atoms with van der Waals surface area (Å²) in [6.07, 6.45) is 2.89. The Labute approximate surface area is 303 Å². The molecule has 0 aliphatic carbocycles. The fourth-order valence-electron chi connectivity index (χ4n) is 4.66. The molecular formula is C34H52N8O10. The van der Waals surface area contributed by atoms with Gasteiger partial charge in [-0.05, 0) is 57.2 Å². The molecule has 0 aromatic heterocycles. The Hall–Kier alpha value is -5.55. The largest absolute Gasteiger partial charge is 0.480 e. The summed E-state index contributed by atoms with van der Waals surface area (Å²) in [6.45, 7) is 6.58. The summed E-state index contributed by atoms with van der Waals surface area (Å²) in [4.78, 5) is 113. The number of anilines is 1. The number of amides is 9. The number of primary amides is 1. The zero-order valence-electron chi connectivity index (χ0n) is 30.6. The highest BCUT2D eigenvalue weighted by Crippen LogP contribution is 2.23. The number of unbranched alkanes of at least 4 members (excludes halogenated alkanes) is 2. The van der Waals surface area contributed by atoms with E-state index in [9.17, 15) is 48.3 Å². The molecule has 0 spiro atoms. The first kappa shape index (κ1) is 44.5. The maximum Gasteiger partial charge on any atom is 0.326 e. The summed E-state index contributed by atoms with van der Waals surface area (Å²) < 4.78 is 0. The lowest BCUT2D eigenvalue weighted by Crippen LogP contribution is -2.48. The van der Waals surface area contributed by atoms with Crippen molar-refractivity contribution in [3.8, 4) is 0 Å². The van der Waals surface area contributed by atoms with Crippen LogP contribution >= 0.6 is 0 Å². The maximum atomic E-state index is 13.4. The lowest BCUT2D eigenvalue weighted by Gasteiger charge is -2.27. The molecule has 52 heavy (non-hydrogen) atoms. The molecule has 0 saturated heterocycles. The number of rotatable bonds is 22. The normalized spacial score (nSPS) is 12.0. The first-order valence-electron chi connectivity index (χ1n) is 16.9. The van der Waals surface area contributed by atoms with Gasteiger partial charge in [-0.25, -0.2) is 9.59 Å². The number of hydrogen-bond acceptors (Lipinski definition) is 9. The second kappa shape index (κ2) is 21.6. The van der Waals surface area contributed by atoms with Crippen molar-refractivity contribution in [2.75, 3.05) is 39.0 Å². The van der Waals surface area contributed by atoms with Crippen LogP contribution in [0.25, 0.3) is 0 Å². The van der Waals surface area contributed by atoms with Gasteiger partial charge >= 0.3 is 12.0 Å². The van der Waals surface area contributed by atoms with Crippen LogP contribution in [-0.2, 0) is 28.8 Å². The predicted octanol–water partition coefficient (Wildman–Crippen LogP) is 0.561. The summed E-state index contributed by atoms with van der Waals surface area (Å²) >= 11 is 0. The first-order chi connectivity index (χ1) is 24.4. The molecule has 0 radical (unpaired) electrons. The smallest absolute Gasteiger partial charge is 0.326 e. The van der Waals surface area contributed by atoms with E-state index < -0.39 is 65.6 Å². The van der Waals surface area contributed by atoms with Crippen LogP contribution in [0.4, 0.5) is 10.5 Å². The topological polar surface area (TPSA) is 267 Å². The van der Waals surface area contributed by atoms with Crippen molar-refractivity contribution in [1.82, 2.24) is 31.1 Å². The van der Waals surface area contributed by atoms with Gasteiger partial charge in [-0.15, -0.1) is 0 Å². The molecule has 2 atom stereocenters. The van der Waals surface area contributed by atoms with Crippen LogP contribution in [0.2, 0.25) is 0 Å². The SMILES string of the molecule is CCC(C)(C)C(=O)N(C=O)CCCCCC(=O)NCC(=O)N[C@@H](CCCNC(N)=O)C(=O)Nc1ccc(C(=O)N(C)[C@@H](C)C(=O)O)cc1C(=O)NC. The number of benzene rings is 1. The van der Waals surface area contributed by atoms with Crippen molar-refractivity contribution in [1.29, 1.82) is 0 Å². The van der Waals surface area contributed by atoms with Crippen molar-refractivity contribution in [3.05, 3.63) is 29.3 Å². The van der Waals surface area contributed by atoms with E-state index in [0.717, 1.165) is 9.80 Å². The molecule has 0 saturated carbocycles. The summed E-state index contributed by atoms with van der Waals surface area (Å²) in [5.41, 5.74) is 4.31. The van der Waals surface area contributed by atoms with Gasteiger partial charge in [-0.3, -0.25) is 38.5 Å². The molecule has 18 heteroatoms. The second-order valence-corrected chi connectivity index (χ2v) is 12.7. The number of aliphatic carboxylic acids is 1.